The molecule has 0 aromatic rings. The Labute approximate surface area is 85.3 Å². The monoisotopic (exact) mass is 203 g/mol. The molecule has 0 fully saturated rings. The minimum atomic E-state index is -0.832. The zero-order valence-corrected chi connectivity index (χ0v) is 9.42. The molecule has 0 aliphatic rings. The average Bonchev–Trinajstić information content (AvgIpc) is 2.14. The van der Waals surface area contributed by atoms with Crippen molar-refractivity contribution in [3.63, 3.8) is 0 Å². The Morgan fingerprint density at radius 2 is 1.86 bits per heavy atom. The van der Waals surface area contributed by atoms with Gasteiger partial charge in [0.2, 0.25) is 0 Å². The molecule has 0 saturated carbocycles. The second kappa shape index (κ2) is 4.75. The van der Waals surface area contributed by atoms with Crippen molar-refractivity contribution in [3.05, 3.63) is 0 Å². The summed E-state index contributed by atoms with van der Waals surface area (Å²) in [4.78, 5) is 10.8. The van der Waals surface area contributed by atoms with Crippen LogP contribution in [0, 0.1) is 5.41 Å². The highest BCUT2D eigenvalue weighted by Gasteiger charge is 2.30. The van der Waals surface area contributed by atoms with Gasteiger partial charge >= 0.3 is 5.97 Å². The highest BCUT2D eigenvalue weighted by atomic mass is 16.4. The van der Waals surface area contributed by atoms with Gasteiger partial charge in [0.15, 0.2) is 0 Å². The summed E-state index contributed by atoms with van der Waals surface area (Å²) in [5.74, 6) is -0.832. The van der Waals surface area contributed by atoms with Crippen LogP contribution in [-0.2, 0) is 4.79 Å². The summed E-state index contributed by atoms with van der Waals surface area (Å²) in [6.45, 7) is 7.53. The van der Waals surface area contributed by atoms with Gasteiger partial charge < -0.3 is 15.5 Å². The van der Waals surface area contributed by atoms with Crippen LogP contribution >= 0.6 is 0 Å². The quantitative estimate of drug-likeness (QED) is 0.598. The van der Waals surface area contributed by atoms with Crippen LogP contribution in [0.4, 0.5) is 0 Å². The molecule has 0 aromatic carbocycles. The molecule has 1 unspecified atom stereocenters. The van der Waals surface area contributed by atoms with Crippen LogP contribution < -0.4 is 5.32 Å². The van der Waals surface area contributed by atoms with Crippen molar-refractivity contribution in [3.8, 4) is 0 Å². The number of carboxylic acid groups (broad SMARTS) is 1. The van der Waals surface area contributed by atoms with Gasteiger partial charge in [-0.3, -0.25) is 4.79 Å². The fourth-order valence-electron chi connectivity index (χ4n) is 0.803. The second-order valence-electron chi connectivity index (χ2n) is 4.61. The molecule has 4 heteroatoms. The first-order valence-corrected chi connectivity index (χ1v) is 4.87. The standard InChI is InChI=1S/C10H21NO3/c1-5-10(4,7-12)11-6-9(2,3)8(13)14/h11-12H,5-7H2,1-4H3,(H,13,14). The second-order valence-corrected chi connectivity index (χ2v) is 4.61. The number of hydrogen-bond donors (Lipinski definition) is 3. The van der Waals surface area contributed by atoms with Gasteiger partial charge in [-0.2, -0.15) is 0 Å². The molecular formula is C10H21NO3. The van der Waals surface area contributed by atoms with Crippen LogP contribution in [0.1, 0.15) is 34.1 Å². The molecule has 0 aromatic heterocycles. The van der Waals surface area contributed by atoms with Crippen molar-refractivity contribution in [1.29, 1.82) is 0 Å². The topological polar surface area (TPSA) is 69.6 Å². The van der Waals surface area contributed by atoms with Crippen LogP contribution in [0.5, 0.6) is 0 Å². The van der Waals surface area contributed by atoms with E-state index in [9.17, 15) is 4.79 Å². The van der Waals surface area contributed by atoms with E-state index in [1.54, 1.807) is 13.8 Å². The lowest BCUT2D eigenvalue weighted by Crippen LogP contribution is -2.50. The largest absolute Gasteiger partial charge is 0.481 e. The molecular weight excluding hydrogens is 182 g/mol. The first-order valence-electron chi connectivity index (χ1n) is 4.87. The van der Waals surface area contributed by atoms with E-state index in [0.717, 1.165) is 6.42 Å². The van der Waals surface area contributed by atoms with E-state index in [1.807, 2.05) is 13.8 Å². The molecule has 0 rings (SSSR count). The molecule has 3 N–H and O–H groups in total. The Hall–Kier alpha value is -0.610. The summed E-state index contributed by atoms with van der Waals surface area (Å²) in [6.07, 6.45) is 0.763. The molecule has 14 heavy (non-hydrogen) atoms. The number of aliphatic hydroxyl groups is 1. The minimum absolute atomic E-state index is 0.0131. The predicted octanol–water partition coefficient (Wildman–Crippen LogP) is 0.848. The summed E-state index contributed by atoms with van der Waals surface area (Å²) in [7, 11) is 0. The van der Waals surface area contributed by atoms with E-state index in [4.69, 9.17) is 10.2 Å². The van der Waals surface area contributed by atoms with E-state index in [2.05, 4.69) is 5.32 Å². The van der Waals surface area contributed by atoms with Gasteiger partial charge in [0.1, 0.15) is 0 Å². The molecule has 0 spiro atoms. The SMILES string of the molecule is CCC(C)(CO)NCC(C)(C)C(=O)O. The third kappa shape index (κ3) is 3.64. The van der Waals surface area contributed by atoms with E-state index in [-0.39, 0.29) is 12.1 Å². The molecule has 1 atom stereocenters. The molecule has 4 nitrogen and oxygen atoms in total. The zero-order valence-electron chi connectivity index (χ0n) is 9.42. The summed E-state index contributed by atoms with van der Waals surface area (Å²) >= 11 is 0. The fraction of sp³-hybridized carbons (Fsp3) is 0.900. The third-order valence-corrected chi connectivity index (χ3v) is 2.67. The van der Waals surface area contributed by atoms with Gasteiger partial charge in [-0.25, -0.2) is 0 Å². The predicted molar refractivity (Wildman–Crippen MR) is 55.2 cm³/mol. The van der Waals surface area contributed by atoms with Crippen molar-refractivity contribution in [2.75, 3.05) is 13.2 Å². The van der Waals surface area contributed by atoms with Crippen LogP contribution in [0.25, 0.3) is 0 Å². The molecule has 0 aliphatic heterocycles. The minimum Gasteiger partial charge on any atom is -0.481 e. The van der Waals surface area contributed by atoms with Crippen LogP contribution in [-0.4, -0.2) is 34.9 Å². The summed E-state index contributed by atoms with van der Waals surface area (Å²) in [5, 5.41) is 21.1. The van der Waals surface area contributed by atoms with Gasteiger partial charge in [0, 0.05) is 12.1 Å². The van der Waals surface area contributed by atoms with Gasteiger partial charge in [-0.1, -0.05) is 6.92 Å². The Morgan fingerprint density at radius 3 is 2.14 bits per heavy atom. The van der Waals surface area contributed by atoms with Crippen molar-refractivity contribution in [2.24, 2.45) is 5.41 Å². The smallest absolute Gasteiger partial charge is 0.310 e. The molecule has 0 aliphatic carbocycles. The molecule has 0 radical (unpaired) electrons. The summed E-state index contributed by atoms with van der Waals surface area (Å²) in [5.41, 5.74) is -1.18. The number of hydrogen-bond acceptors (Lipinski definition) is 3. The van der Waals surface area contributed by atoms with Crippen LogP contribution in [0.2, 0.25) is 0 Å². The van der Waals surface area contributed by atoms with E-state index in [1.165, 1.54) is 0 Å². The van der Waals surface area contributed by atoms with E-state index < -0.39 is 11.4 Å². The number of carbonyl (C=O) groups is 1. The van der Waals surface area contributed by atoms with Gasteiger partial charge in [-0.15, -0.1) is 0 Å². The zero-order chi connectivity index (χ0) is 11.4. The van der Waals surface area contributed by atoms with Crippen molar-refractivity contribution >= 4 is 5.97 Å². The van der Waals surface area contributed by atoms with Crippen molar-refractivity contribution in [1.82, 2.24) is 5.32 Å². The fourth-order valence-corrected chi connectivity index (χ4v) is 0.803. The average molecular weight is 203 g/mol. The van der Waals surface area contributed by atoms with E-state index in [0.29, 0.717) is 6.54 Å². The maximum atomic E-state index is 10.8. The van der Waals surface area contributed by atoms with Gasteiger partial charge in [-0.05, 0) is 27.2 Å². The molecule has 0 heterocycles. The van der Waals surface area contributed by atoms with Crippen LogP contribution in [0.3, 0.4) is 0 Å². The van der Waals surface area contributed by atoms with Crippen LogP contribution in [0.15, 0.2) is 0 Å². The lowest BCUT2D eigenvalue weighted by Gasteiger charge is -2.31. The van der Waals surface area contributed by atoms with E-state index >= 15 is 0 Å². The van der Waals surface area contributed by atoms with Crippen molar-refractivity contribution < 1.29 is 15.0 Å². The summed E-state index contributed by atoms with van der Waals surface area (Å²) < 4.78 is 0. The molecule has 0 bridgehead atoms. The number of carboxylic acids is 1. The number of rotatable bonds is 6. The first kappa shape index (κ1) is 13.4. The van der Waals surface area contributed by atoms with Gasteiger partial charge in [0.05, 0.1) is 12.0 Å². The Morgan fingerprint density at radius 1 is 1.36 bits per heavy atom. The highest BCUT2D eigenvalue weighted by Crippen LogP contribution is 2.16. The third-order valence-electron chi connectivity index (χ3n) is 2.67. The lowest BCUT2D eigenvalue weighted by molar-refractivity contribution is -0.146. The maximum absolute atomic E-state index is 10.8. The first-order chi connectivity index (χ1) is 6.27. The number of aliphatic hydroxyl groups excluding tert-OH is 1. The Bertz CT molecular complexity index is 198. The van der Waals surface area contributed by atoms with Crippen molar-refractivity contribution in [2.45, 2.75) is 39.7 Å². The maximum Gasteiger partial charge on any atom is 0.310 e. The molecule has 0 saturated heterocycles. The Balaban J connectivity index is 4.23. The number of nitrogens with one attached hydrogen (secondary N) is 1. The van der Waals surface area contributed by atoms with Gasteiger partial charge in [0.25, 0.3) is 0 Å². The number of aliphatic carboxylic acids is 1. The highest BCUT2D eigenvalue weighted by molar-refractivity contribution is 5.73. The molecule has 0 amide bonds. The lowest BCUT2D eigenvalue weighted by atomic mass is 9.91. The summed E-state index contributed by atoms with van der Waals surface area (Å²) in [6, 6.07) is 0. The normalized spacial score (nSPS) is 16.4. The Kier molecular flexibility index (Phi) is 4.55. The molecule has 84 valence electrons.